The molecule has 4 aliphatic carbocycles. The molecule has 172 valence electrons. The maximum atomic E-state index is 13.4. The van der Waals surface area contributed by atoms with E-state index < -0.39 is 20.9 Å². The first-order valence-electron chi connectivity index (χ1n) is 12.2. The number of methoxy groups -OCH3 is 1. The summed E-state index contributed by atoms with van der Waals surface area (Å²) in [5.41, 5.74) is 0.422. The smallest absolute Gasteiger partial charge is 0.208 e. The Kier molecular flexibility index (Phi) is 4.41. The van der Waals surface area contributed by atoms with Crippen LogP contribution in [0.1, 0.15) is 58.8 Å². The summed E-state index contributed by atoms with van der Waals surface area (Å²) in [7, 11) is -1.69. The molecule has 7 atom stereocenters. The first kappa shape index (κ1) is 21.0. The van der Waals surface area contributed by atoms with Gasteiger partial charge in [-0.3, -0.25) is 0 Å². The first-order chi connectivity index (χ1) is 15.3. The zero-order valence-corrected chi connectivity index (χ0v) is 20.2. The van der Waals surface area contributed by atoms with E-state index in [9.17, 15) is 8.42 Å². The zero-order chi connectivity index (χ0) is 22.4. The Labute approximate surface area is 192 Å². The lowest BCUT2D eigenvalue weighted by atomic mass is 9.48. The highest BCUT2D eigenvalue weighted by atomic mass is 32.2. The summed E-state index contributed by atoms with van der Waals surface area (Å²) >= 11 is 0. The van der Waals surface area contributed by atoms with Gasteiger partial charge in [-0.1, -0.05) is 38.1 Å². The van der Waals surface area contributed by atoms with Gasteiger partial charge in [0, 0.05) is 11.8 Å². The number of hydrogen-bond acceptors (Lipinski definition) is 4. The lowest BCUT2D eigenvalue weighted by molar-refractivity contribution is -0.0447. The Bertz CT molecular complexity index is 1110. The maximum absolute atomic E-state index is 13.4. The van der Waals surface area contributed by atoms with Crippen LogP contribution < -0.4 is 0 Å². The summed E-state index contributed by atoms with van der Waals surface area (Å²) in [6.45, 7) is 4.80. The minimum atomic E-state index is -3.47. The maximum Gasteiger partial charge on any atom is 0.208 e. The van der Waals surface area contributed by atoms with Crippen LogP contribution in [0.5, 0.6) is 0 Å². The van der Waals surface area contributed by atoms with E-state index in [-0.39, 0.29) is 10.8 Å². The molecule has 0 aromatic heterocycles. The normalized spacial score (nSPS) is 44.7. The molecule has 0 bridgehead atoms. The van der Waals surface area contributed by atoms with Crippen molar-refractivity contribution in [3.8, 4) is 0 Å². The van der Waals surface area contributed by atoms with E-state index >= 15 is 0 Å². The van der Waals surface area contributed by atoms with Crippen LogP contribution in [0.15, 0.2) is 58.7 Å². The van der Waals surface area contributed by atoms with Crippen molar-refractivity contribution in [1.29, 1.82) is 0 Å². The van der Waals surface area contributed by atoms with Gasteiger partial charge in [-0.25, -0.2) is 8.42 Å². The summed E-state index contributed by atoms with van der Waals surface area (Å²) in [5, 5.41) is 0. The number of ether oxygens (including phenoxy) is 2. The molecule has 6 rings (SSSR count). The van der Waals surface area contributed by atoms with Crippen molar-refractivity contribution in [3.05, 3.63) is 53.8 Å². The fourth-order valence-electron chi connectivity index (χ4n) is 8.28. The molecule has 0 N–H and O–H groups in total. The summed E-state index contributed by atoms with van der Waals surface area (Å²) in [5.74, 6) is 2.91. The Morgan fingerprint density at radius 3 is 2.53 bits per heavy atom. The summed E-state index contributed by atoms with van der Waals surface area (Å²) in [6, 6.07) is 8.86. The van der Waals surface area contributed by atoms with Crippen molar-refractivity contribution >= 4 is 9.84 Å². The monoisotopic (exact) mass is 454 g/mol. The lowest BCUT2D eigenvalue weighted by Gasteiger charge is -2.56. The molecule has 2 saturated carbocycles. The molecular formula is C27H34O4S. The molecule has 4 nitrogen and oxygen atoms in total. The van der Waals surface area contributed by atoms with Gasteiger partial charge in [0.15, 0.2) is 5.44 Å². The lowest BCUT2D eigenvalue weighted by Crippen LogP contribution is -2.51. The van der Waals surface area contributed by atoms with E-state index in [1.54, 1.807) is 31.4 Å². The highest BCUT2D eigenvalue weighted by Crippen LogP contribution is 2.73. The van der Waals surface area contributed by atoms with E-state index in [0.717, 1.165) is 50.7 Å². The second kappa shape index (κ2) is 6.73. The van der Waals surface area contributed by atoms with Crippen LogP contribution in [0.2, 0.25) is 0 Å². The van der Waals surface area contributed by atoms with Crippen LogP contribution in [0.4, 0.5) is 0 Å². The van der Waals surface area contributed by atoms with E-state index in [2.05, 4.69) is 26.0 Å². The highest BCUT2D eigenvalue weighted by Gasteiger charge is 2.77. The minimum Gasteiger partial charge on any atom is -0.501 e. The standard InChI is InChI=1S/C27H34O4S/c1-25-14-11-19(30-3)17-18(25)9-10-21-22(25)12-15-26(2)23(21)13-16-27(26)24(31-27)32(28,29)20-7-5-4-6-8-20/h4-9,17,21-24H,10-16H2,1-3H3/t21?,22?,23?,24?,25-,26-,27+/m0/s1. The second-order valence-corrected chi connectivity index (χ2v) is 13.2. The summed E-state index contributed by atoms with van der Waals surface area (Å²) in [4.78, 5) is 0.392. The van der Waals surface area contributed by atoms with E-state index in [4.69, 9.17) is 9.47 Å². The summed E-state index contributed by atoms with van der Waals surface area (Å²) in [6.07, 6.45) is 12.2. The van der Waals surface area contributed by atoms with Gasteiger partial charge < -0.3 is 9.47 Å². The van der Waals surface area contributed by atoms with Gasteiger partial charge in [-0.05, 0) is 85.5 Å². The molecule has 1 aromatic rings. The van der Waals surface area contributed by atoms with Crippen molar-refractivity contribution in [2.45, 2.75) is 74.7 Å². The van der Waals surface area contributed by atoms with Crippen molar-refractivity contribution in [2.24, 2.45) is 28.6 Å². The largest absolute Gasteiger partial charge is 0.501 e. The number of allylic oxidation sites excluding steroid dienone is 4. The molecular weight excluding hydrogens is 420 g/mol. The fraction of sp³-hybridized carbons (Fsp3) is 0.630. The Morgan fingerprint density at radius 1 is 1.03 bits per heavy atom. The van der Waals surface area contributed by atoms with Gasteiger partial charge in [-0.2, -0.15) is 0 Å². The molecule has 1 spiro atoms. The van der Waals surface area contributed by atoms with Gasteiger partial charge in [0.05, 0.1) is 17.8 Å². The number of fused-ring (bicyclic) bond motifs is 6. The molecule has 32 heavy (non-hydrogen) atoms. The van der Waals surface area contributed by atoms with Crippen molar-refractivity contribution in [2.75, 3.05) is 7.11 Å². The van der Waals surface area contributed by atoms with E-state index in [1.165, 1.54) is 5.57 Å². The van der Waals surface area contributed by atoms with Gasteiger partial charge in [0.1, 0.15) is 5.60 Å². The number of epoxide rings is 1. The molecule has 5 heteroatoms. The Hall–Kier alpha value is -1.59. The van der Waals surface area contributed by atoms with Crippen LogP contribution in [0, 0.1) is 28.6 Å². The number of hydrogen-bond donors (Lipinski definition) is 0. The molecule has 1 aromatic carbocycles. The van der Waals surface area contributed by atoms with Crippen LogP contribution in [0.3, 0.4) is 0 Å². The van der Waals surface area contributed by atoms with Gasteiger partial charge in [0.2, 0.25) is 9.84 Å². The van der Waals surface area contributed by atoms with Crippen LogP contribution in [-0.2, 0) is 19.3 Å². The highest BCUT2D eigenvalue weighted by molar-refractivity contribution is 7.92. The SMILES string of the molecule is COC1=CC2=CCC3C(CC[C@@]4(C)C3CC[C@]43OC3S(=O)(=O)c3ccccc3)[C@@]2(C)CC1. The number of benzene rings is 1. The second-order valence-electron chi connectivity index (χ2n) is 11.2. The topological polar surface area (TPSA) is 55.9 Å². The van der Waals surface area contributed by atoms with Crippen LogP contribution in [0.25, 0.3) is 0 Å². The summed E-state index contributed by atoms with van der Waals surface area (Å²) < 4.78 is 38.6. The predicted octanol–water partition coefficient (Wildman–Crippen LogP) is 5.66. The molecule has 0 radical (unpaired) electrons. The third-order valence-electron chi connectivity index (χ3n) is 10.2. The van der Waals surface area contributed by atoms with Crippen molar-refractivity contribution in [1.82, 2.24) is 0 Å². The third-order valence-corrected chi connectivity index (χ3v) is 12.1. The molecule has 0 amide bonds. The molecule has 3 fully saturated rings. The van der Waals surface area contributed by atoms with Crippen molar-refractivity contribution in [3.63, 3.8) is 0 Å². The Balaban J connectivity index is 1.31. The van der Waals surface area contributed by atoms with Crippen LogP contribution in [-0.4, -0.2) is 26.6 Å². The fourth-order valence-corrected chi connectivity index (χ4v) is 10.2. The van der Waals surface area contributed by atoms with Crippen LogP contribution >= 0.6 is 0 Å². The number of rotatable bonds is 3. The molecule has 1 saturated heterocycles. The first-order valence-corrected chi connectivity index (χ1v) is 13.7. The predicted molar refractivity (Wildman–Crippen MR) is 123 cm³/mol. The van der Waals surface area contributed by atoms with Gasteiger partial charge in [0.25, 0.3) is 0 Å². The average Bonchev–Trinajstić information content (AvgIpc) is 3.48. The van der Waals surface area contributed by atoms with E-state index in [0.29, 0.717) is 22.6 Å². The zero-order valence-electron chi connectivity index (χ0n) is 19.3. The third kappa shape index (κ3) is 2.55. The Morgan fingerprint density at radius 2 is 1.78 bits per heavy atom. The van der Waals surface area contributed by atoms with Gasteiger partial charge in [-0.15, -0.1) is 0 Å². The molecule has 5 aliphatic rings. The van der Waals surface area contributed by atoms with Gasteiger partial charge >= 0.3 is 0 Å². The minimum absolute atomic E-state index is 0.0649. The molecule has 1 heterocycles. The molecule has 4 unspecified atom stereocenters. The van der Waals surface area contributed by atoms with Crippen molar-refractivity contribution < 1.29 is 17.9 Å². The van der Waals surface area contributed by atoms with E-state index in [1.807, 2.05) is 6.07 Å². The quantitative estimate of drug-likeness (QED) is 0.553. The average molecular weight is 455 g/mol. The number of sulfone groups is 1. The molecule has 1 aliphatic heterocycles.